The quantitative estimate of drug-likeness (QED) is 0.457. The fraction of sp³-hybridized carbons (Fsp3) is 0.304. The van der Waals surface area contributed by atoms with Crippen LogP contribution in [-0.4, -0.2) is 49.4 Å². The first-order valence-electron chi connectivity index (χ1n) is 10.4. The molecule has 0 aliphatic carbocycles. The van der Waals surface area contributed by atoms with Crippen molar-refractivity contribution in [3.63, 3.8) is 0 Å². The summed E-state index contributed by atoms with van der Waals surface area (Å²) in [7, 11) is 0. The van der Waals surface area contributed by atoms with Crippen molar-refractivity contribution in [2.24, 2.45) is 0 Å². The number of thioether (sulfide) groups is 1. The van der Waals surface area contributed by atoms with E-state index in [4.69, 9.17) is 4.98 Å². The second kappa shape index (κ2) is 8.44. The maximum absolute atomic E-state index is 12.5. The first-order valence-corrected chi connectivity index (χ1v) is 11.3. The van der Waals surface area contributed by atoms with Crippen LogP contribution in [0.1, 0.15) is 24.8 Å². The zero-order chi connectivity index (χ0) is 20.3. The van der Waals surface area contributed by atoms with Gasteiger partial charge in [-0.1, -0.05) is 60.3 Å². The van der Waals surface area contributed by atoms with Gasteiger partial charge in [-0.25, -0.2) is 4.98 Å². The summed E-state index contributed by atoms with van der Waals surface area (Å²) >= 11 is 1.37. The van der Waals surface area contributed by atoms with Crippen LogP contribution in [0.25, 0.3) is 22.1 Å². The zero-order valence-electron chi connectivity index (χ0n) is 16.7. The van der Waals surface area contributed by atoms with E-state index in [2.05, 4.69) is 39.0 Å². The number of hydrogen-bond acceptors (Lipinski definition) is 5. The Hall–Kier alpha value is -2.93. The number of rotatable bonds is 5. The van der Waals surface area contributed by atoms with E-state index >= 15 is 0 Å². The van der Waals surface area contributed by atoms with Crippen LogP contribution in [0.3, 0.4) is 0 Å². The number of para-hydroxylation sites is 1. The Kier molecular flexibility index (Phi) is 5.36. The molecule has 1 saturated heterocycles. The minimum Gasteiger partial charge on any atom is -0.342 e. The monoisotopic (exact) mass is 417 g/mol. The van der Waals surface area contributed by atoms with E-state index in [1.54, 1.807) is 0 Å². The predicted molar refractivity (Wildman–Crippen MR) is 120 cm³/mol. The Labute approximate surface area is 179 Å². The van der Waals surface area contributed by atoms with Gasteiger partial charge in [0, 0.05) is 25.0 Å². The molecule has 1 fully saturated rings. The van der Waals surface area contributed by atoms with Crippen LogP contribution in [0.15, 0.2) is 59.8 Å². The summed E-state index contributed by atoms with van der Waals surface area (Å²) in [5, 5.41) is 10.4. The molecule has 1 aliphatic heterocycles. The average molecular weight is 418 g/mol. The minimum atomic E-state index is 0.160. The molecule has 1 amide bonds. The van der Waals surface area contributed by atoms with Gasteiger partial charge < -0.3 is 9.47 Å². The van der Waals surface area contributed by atoms with Crippen molar-refractivity contribution < 1.29 is 4.79 Å². The Balaban J connectivity index is 1.46. The van der Waals surface area contributed by atoms with Crippen molar-refractivity contribution in [3.05, 3.63) is 60.2 Å². The highest BCUT2D eigenvalue weighted by molar-refractivity contribution is 7.99. The van der Waals surface area contributed by atoms with E-state index in [1.165, 1.54) is 23.7 Å². The molecule has 152 valence electrons. The zero-order valence-corrected chi connectivity index (χ0v) is 17.5. The van der Waals surface area contributed by atoms with Crippen LogP contribution in [0, 0.1) is 0 Å². The van der Waals surface area contributed by atoms with E-state index in [-0.39, 0.29) is 5.91 Å². The molecule has 0 atom stereocenters. The Morgan fingerprint density at radius 3 is 2.53 bits per heavy atom. The number of likely N-dealkylation sites (tertiary alicyclic amines) is 1. The topological polar surface area (TPSA) is 63.9 Å². The number of aromatic nitrogens is 4. The lowest BCUT2D eigenvalue weighted by Gasteiger charge is -2.26. The summed E-state index contributed by atoms with van der Waals surface area (Å²) in [6.45, 7) is 2.44. The van der Waals surface area contributed by atoms with Crippen molar-refractivity contribution in [3.8, 4) is 0 Å². The lowest BCUT2D eigenvalue weighted by atomic mass is 10.1. The minimum absolute atomic E-state index is 0.160. The highest BCUT2D eigenvalue weighted by Gasteiger charge is 2.19. The fourth-order valence-electron chi connectivity index (χ4n) is 4.04. The molecule has 0 saturated carbocycles. The van der Waals surface area contributed by atoms with Gasteiger partial charge in [-0.05, 0) is 30.9 Å². The fourth-order valence-corrected chi connectivity index (χ4v) is 4.72. The Morgan fingerprint density at radius 2 is 1.70 bits per heavy atom. The average Bonchev–Trinajstić information content (AvgIpc) is 3.12. The lowest BCUT2D eigenvalue weighted by Crippen LogP contribution is -2.36. The summed E-state index contributed by atoms with van der Waals surface area (Å²) in [4.78, 5) is 19.3. The number of nitrogens with zero attached hydrogens (tertiary/aromatic N) is 5. The number of carbonyl (C=O) groups is 1. The summed E-state index contributed by atoms with van der Waals surface area (Å²) in [5.41, 5.74) is 3.90. The van der Waals surface area contributed by atoms with E-state index in [0.717, 1.165) is 48.0 Å². The van der Waals surface area contributed by atoms with Crippen molar-refractivity contribution >= 4 is 39.7 Å². The van der Waals surface area contributed by atoms with Crippen LogP contribution in [0.2, 0.25) is 0 Å². The van der Waals surface area contributed by atoms with E-state index in [0.29, 0.717) is 17.5 Å². The van der Waals surface area contributed by atoms with Crippen LogP contribution in [0.4, 0.5) is 0 Å². The standard InChI is InChI=1S/C23H23N5OS/c29-20(27-13-7-2-8-14-27)16-30-23-24-22-21(25-26-23)18-11-5-6-12-19(18)28(22)15-17-9-3-1-4-10-17/h1,3-6,9-12H,2,7-8,13-16H2. The van der Waals surface area contributed by atoms with Crippen molar-refractivity contribution in [2.45, 2.75) is 31.0 Å². The third kappa shape index (κ3) is 3.77. The SMILES string of the molecule is O=C(CSc1nnc2c3ccccc3n(Cc3ccccc3)c2n1)N1CCCCC1. The maximum atomic E-state index is 12.5. The summed E-state index contributed by atoms with van der Waals surface area (Å²) in [6, 6.07) is 18.5. The van der Waals surface area contributed by atoms with Crippen molar-refractivity contribution in [2.75, 3.05) is 18.8 Å². The Morgan fingerprint density at radius 1 is 0.933 bits per heavy atom. The molecule has 4 aromatic rings. The molecule has 30 heavy (non-hydrogen) atoms. The van der Waals surface area contributed by atoms with Gasteiger partial charge in [0.05, 0.1) is 11.3 Å². The second-order valence-corrected chi connectivity index (χ2v) is 8.53. The molecular formula is C23H23N5OS. The number of piperidine rings is 1. The molecular weight excluding hydrogens is 394 g/mol. The maximum Gasteiger partial charge on any atom is 0.233 e. The molecule has 0 radical (unpaired) electrons. The normalized spacial score (nSPS) is 14.5. The van der Waals surface area contributed by atoms with Crippen LogP contribution >= 0.6 is 11.8 Å². The van der Waals surface area contributed by atoms with E-state index in [9.17, 15) is 4.79 Å². The third-order valence-corrected chi connectivity index (χ3v) is 6.39. The predicted octanol–water partition coefficient (Wildman–Crippen LogP) is 4.13. The van der Waals surface area contributed by atoms with Gasteiger partial charge in [0.25, 0.3) is 0 Å². The highest BCUT2D eigenvalue weighted by atomic mass is 32.2. The van der Waals surface area contributed by atoms with E-state index in [1.807, 2.05) is 35.2 Å². The van der Waals surface area contributed by atoms with Gasteiger partial charge >= 0.3 is 0 Å². The molecule has 1 aliphatic rings. The van der Waals surface area contributed by atoms with Crippen molar-refractivity contribution in [1.82, 2.24) is 24.6 Å². The lowest BCUT2D eigenvalue weighted by molar-refractivity contribution is -0.129. The number of carbonyl (C=O) groups excluding carboxylic acids is 1. The molecule has 7 heteroatoms. The first-order chi connectivity index (χ1) is 14.8. The summed E-state index contributed by atoms with van der Waals surface area (Å²) in [5.74, 6) is 0.514. The molecule has 0 bridgehead atoms. The molecule has 2 aromatic carbocycles. The van der Waals surface area contributed by atoms with Crippen LogP contribution < -0.4 is 0 Å². The molecule has 6 nitrogen and oxygen atoms in total. The molecule has 0 unspecified atom stereocenters. The summed E-state index contributed by atoms with van der Waals surface area (Å²) < 4.78 is 2.19. The Bertz CT molecular complexity index is 1180. The third-order valence-electron chi connectivity index (χ3n) is 5.57. The van der Waals surface area contributed by atoms with Gasteiger partial charge in [0.1, 0.15) is 5.52 Å². The molecule has 2 aromatic heterocycles. The highest BCUT2D eigenvalue weighted by Crippen LogP contribution is 2.28. The number of fused-ring (bicyclic) bond motifs is 3. The van der Waals surface area contributed by atoms with Crippen LogP contribution in [0.5, 0.6) is 0 Å². The first kappa shape index (κ1) is 19.1. The van der Waals surface area contributed by atoms with Gasteiger partial charge in [-0.15, -0.1) is 10.2 Å². The van der Waals surface area contributed by atoms with Crippen molar-refractivity contribution in [1.29, 1.82) is 0 Å². The molecule has 0 N–H and O–H groups in total. The van der Waals surface area contributed by atoms with Gasteiger partial charge in [-0.3, -0.25) is 4.79 Å². The number of benzene rings is 2. The molecule has 0 spiro atoms. The second-order valence-electron chi connectivity index (χ2n) is 7.59. The molecule has 3 heterocycles. The number of hydrogen-bond donors (Lipinski definition) is 0. The van der Waals surface area contributed by atoms with Gasteiger partial charge in [-0.2, -0.15) is 0 Å². The summed E-state index contributed by atoms with van der Waals surface area (Å²) in [6.07, 6.45) is 3.41. The van der Waals surface area contributed by atoms with Gasteiger partial charge in [0.2, 0.25) is 11.1 Å². The largest absolute Gasteiger partial charge is 0.342 e. The van der Waals surface area contributed by atoms with Crippen LogP contribution in [-0.2, 0) is 11.3 Å². The molecule has 5 rings (SSSR count). The van der Waals surface area contributed by atoms with E-state index < -0.39 is 0 Å². The smallest absolute Gasteiger partial charge is 0.233 e. The number of amides is 1. The van der Waals surface area contributed by atoms with Gasteiger partial charge in [0.15, 0.2) is 5.65 Å².